The lowest BCUT2D eigenvalue weighted by Crippen LogP contribution is -2.27. The second-order valence-electron chi connectivity index (χ2n) is 4.81. The smallest absolute Gasteiger partial charge is 0.287 e. The van der Waals surface area contributed by atoms with Gasteiger partial charge in [-0.1, -0.05) is 26.0 Å². The summed E-state index contributed by atoms with van der Waals surface area (Å²) in [4.78, 5) is 11.6. The minimum Gasteiger partial charge on any atom is -0.492 e. The van der Waals surface area contributed by atoms with Crippen LogP contribution in [-0.2, 0) is 0 Å². The molecule has 4 nitrogen and oxygen atoms in total. The van der Waals surface area contributed by atoms with Gasteiger partial charge in [0.25, 0.3) is 5.91 Å². The van der Waals surface area contributed by atoms with Crippen molar-refractivity contribution in [2.45, 2.75) is 19.8 Å². The number of benzene rings is 1. The molecule has 1 amide bonds. The summed E-state index contributed by atoms with van der Waals surface area (Å²) in [5.41, 5.74) is 1.28. The minimum atomic E-state index is -0.228. The normalized spacial score (nSPS) is 10.6. The molecule has 0 spiro atoms. The minimum absolute atomic E-state index is 0.228. The topological polar surface area (TPSA) is 51.5 Å². The van der Waals surface area contributed by atoms with Crippen molar-refractivity contribution in [2.75, 3.05) is 13.2 Å². The van der Waals surface area contributed by atoms with Gasteiger partial charge in [0, 0.05) is 0 Å². The fraction of sp³-hybridized carbons (Fsp3) is 0.312. The lowest BCUT2D eigenvalue weighted by molar-refractivity contribution is 0.0919. The maximum atomic E-state index is 11.6. The Morgan fingerprint density at radius 3 is 2.60 bits per heavy atom. The molecule has 1 aromatic carbocycles. The molecule has 2 aromatic rings. The standard InChI is InChI=1S/C16H19NO3/c1-12(2)13-5-7-14(8-6-13)19-11-9-17-16(18)15-4-3-10-20-15/h3-8,10,12H,9,11H2,1-2H3,(H,17,18). The number of carbonyl (C=O) groups excluding carboxylic acids is 1. The predicted octanol–water partition coefficient (Wildman–Crippen LogP) is 3.21. The van der Waals surface area contributed by atoms with Gasteiger partial charge in [-0.25, -0.2) is 0 Å². The van der Waals surface area contributed by atoms with Crippen LogP contribution in [0.4, 0.5) is 0 Å². The number of rotatable bonds is 6. The molecule has 1 aromatic heterocycles. The first-order valence-corrected chi connectivity index (χ1v) is 6.71. The molecular formula is C16H19NO3. The zero-order valence-electron chi connectivity index (χ0n) is 11.8. The molecule has 106 valence electrons. The molecule has 0 atom stereocenters. The van der Waals surface area contributed by atoms with Crippen LogP contribution in [0.15, 0.2) is 47.1 Å². The molecule has 0 saturated carbocycles. The number of nitrogens with one attached hydrogen (secondary N) is 1. The third-order valence-electron chi connectivity index (χ3n) is 2.95. The number of carbonyl (C=O) groups is 1. The van der Waals surface area contributed by atoms with Crippen molar-refractivity contribution in [1.29, 1.82) is 0 Å². The van der Waals surface area contributed by atoms with Crippen LogP contribution in [0.5, 0.6) is 5.75 Å². The van der Waals surface area contributed by atoms with Crippen molar-refractivity contribution < 1.29 is 13.9 Å². The van der Waals surface area contributed by atoms with Gasteiger partial charge in [-0.3, -0.25) is 4.79 Å². The Kier molecular flexibility index (Phi) is 4.82. The fourth-order valence-electron chi connectivity index (χ4n) is 1.78. The average Bonchev–Trinajstić information content (AvgIpc) is 2.98. The van der Waals surface area contributed by atoms with E-state index >= 15 is 0 Å². The predicted molar refractivity (Wildman–Crippen MR) is 77.1 cm³/mol. The molecule has 0 saturated heterocycles. The van der Waals surface area contributed by atoms with Crippen LogP contribution in [0.1, 0.15) is 35.9 Å². The Hall–Kier alpha value is -2.23. The molecular weight excluding hydrogens is 254 g/mol. The summed E-state index contributed by atoms with van der Waals surface area (Å²) in [5.74, 6) is 1.40. The van der Waals surface area contributed by atoms with Crippen LogP contribution in [0, 0.1) is 0 Å². The van der Waals surface area contributed by atoms with E-state index in [0.717, 1.165) is 5.75 Å². The maximum absolute atomic E-state index is 11.6. The van der Waals surface area contributed by atoms with Gasteiger partial charge in [0.1, 0.15) is 12.4 Å². The van der Waals surface area contributed by atoms with E-state index in [0.29, 0.717) is 24.8 Å². The Balaban J connectivity index is 1.72. The molecule has 0 aliphatic rings. The van der Waals surface area contributed by atoms with Crippen molar-refractivity contribution in [2.24, 2.45) is 0 Å². The highest BCUT2D eigenvalue weighted by atomic mass is 16.5. The van der Waals surface area contributed by atoms with E-state index in [4.69, 9.17) is 9.15 Å². The number of hydrogen-bond acceptors (Lipinski definition) is 3. The van der Waals surface area contributed by atoms with Crippen molar-refractivity contribution in [3.05, 3.63) is 54.0 Å². The summed E-state index contributed by atoms with van der Waals surface area (Å²) in [7, 11) is 0. The summed E-state index contributed by atoms with van der Waals surface area (Å²) < 4.78 is 10.6. The lowest BCUT2D eigenvalue weighted by atomic mass is 10.0. The summed E-state index contributed by atoms with van der Waals surface area (Å²) >= 11 is 0. The summed E-state index contributed by atoms with van der Waals surface area (Å²) in [6.45, 7) is 5.17. The zero-order valence-corrected chi connectivity index (χ0v) is 11.8. The van der Waals surface area contributed by atoms with Crippen molar-refractivity contribution in [1.82, 2.24) is 5.32 Å². The Labute approximate surface area is 118 Å². The van der Waals surface area contributed by atoms with Gasteiger partial charge in [0.15, 0.2) is 5.76 Å². The molecule has 0 aliphatic carbocycles. The van der Waals surface area contributed by atoms with Crippen molar-refractivity contribution in [3.63, 3.8) is 0 Å². The molecule has 0 radical (unpaired) electrons. The van der Waals surface area contributed by atoms with E-state index in [1.807, 2.05) is 12.1 Å². The van der Waals surface area contributed by atoms with Crippen LogP contribution in [-0.4, -0.2) is 19.1 Å². The largest absolute Gasteiger partial charge is 0.492 e. The Bertz CT molecular complexity index is 529. The highest BCUT2D eigenvalue weighted by Gasteiger charge is 2.06. The van der Waals surface area contributed by atoms with Crippen LogP contribution in [0.25, 0.3) is 0 Å². The molecule has 0 aliphatic heterocycles. The fourth-order valence-corrected chi connectivity index (χ4v) is 1.78. The third-order valence-corrected chi connectivity index (χ3v) is 2.95. The van der Waals surface area contributed by atoms with Gasteiger partial charge in [0.2, 0.25) is 0 Å². The Morgan fingerprint density at radius 2 is 2.00 bits per heavy atom. The number of hydrogen-bond donors (Lipinski definition) is 1. The summed E-state index contributed by atoms with van der Waals surface area (Å²) in [6, 6.07) is 11.3. The highest BCUT2D eigenvalue weighted by molar-refractivity contribution is 5.91. The first-order valence-electron chi connectivity index (χ1n) is 6.71. The van der Waals surface area contributed by atoms with E-state index < -0.39 is 0 Å². The molecule has 0 unspecified atom stereocenters. The number of furan rings is 1. The van der Waals surface area contributed by atoms with Gasteiger partial charge in [-0.05, 0) is 35.7 Å². The van der Waals surface area contributed by atoms with Gasteiger partial charge in [0.05, 0.1) is 12.8 Å². The highest BCUT2D eigenvalue weighted by Crippen LogP contribution is 2.18. The number of ether oxygens (including phenoxy) is 1. The molecule has 0 fully saturated rings. The van der Waals surface area contributed by atoms with Crippen LogP contribution in [0.3, 0.4) is 0 Å². The second kappa shape index (κ2) is 6.80. The first kappa shape index (κ1) is 14.2. The van der Waals surface area contributed by atoms with E-state index in [9.17, 15) is 4.79 Å². The molecule has 20 heavy (non-hydrogen) atoms. The van der Waals surface area contributed by atoms with Crippen molar-refractivity contribution >= 4 is 5.91 Å². The molecule has 2 rings (SSSR count). The average molecular weight is 273 g/mol. The van der Waals surface area contributed by atoms with E-state index in [1.165, 1.54) is 11.8 Å². The third kappa shape index (κ3) is 3.88. The van der Waals surface area contributed by atoms with Gasteiger partial charge in [-0.15, -0.1) is 0 Å². The SMILES string of the molecule is CC(C)c1ccc(OCCNC(=O)c2ccco2)cc1. The van der Waals surface area contributed by atoms with Gasteiger partial charge < -0.3 is 14.5 Å². The molecule has 1 N–H and O–H groups in total. The second-order valence-corrected chi connectivity index (χ2v) is 4.81. The Morgan fingerprint density at radius 1 is 1.25 bits per heavy atom. The van der Waals surface area contributed by atoms with Crippen LogP contribution < -0.4 is 10.1 Å². The summed E-state index contributed by atoms with van der Waals surface area (Å²) in [6.07, 6.45) is 1.47. The molecule has 0 bridgehead atoms. The van der Waals surface area contributed by atoms with Crippen LogP contribution in [0.2, 0.25) is 0 Å². The van der Waals surface area contributed by atoms with E-state index in [-0.39, 0.29) is 5.91 Å². The monoisotopic (exact) mass is 273 g/mol. The van der Waals surface area contributed by atoms with Gasteiger partial charge >= 0.3 is 0 Å². The van der Waals surface area contributed by atoms with Crippen LogP contribution >= 0.6 is 0 Å². The van der Waals surface area contributed by atoms with E-state index in [2.05, 4.69) is 31.3 Å². The van der Waals surface area contributed by atoms with Gasteiger partial charge in [-0.2, -0.15) is 0 Å². The first-order chi connectivity index (χ1) is 9.66. The quantitative estimate of drug-likeness (QED) is 0.822. The maximum Gasteiger partial charge on any atom is 0.287 e. The number of amides is 1. The summed E-state index contributed by atoms with van der Waals surface area (Å²) in [5, 5.41) is 2.73. The molecule has 4 heteroatoms. The van der Waals surface area contributed by atoms with E-state index in [1.54, 1.807) is 12.1 Å². The zero-order chi connectivity index (χ0) is 14.4. The lowest BCUT2D eigenvalue weighted by Gasteiger charge is -2.09. The molecule has 1 heterocycles. The van der Waals surface area contributed by atoms with Crippen molar-refractivity contribution in [3.8, 4) is 5.75 Å².